The zero-order valence-corrected chi connectivity index (χ0v) is 15.5. The Kier molecular flexibility index (Phi) is 4.45. The van der Waals surface area contributed by atoms with Gasteiger partial charge in [0.25, 0.3) is 0 Å². The van der Waals surface area contributed by atoms with Crippen molar-refractivity contribution in [3.8, 4) is 0 Å². The first-order chi connectivity index (χ1) is 13.0. The molecule has 0 fully saturated rings. The van der Waals surface area contributed by atoms with E-state index in [0.717, 1.165) is 5.56 Å². The number of halogens is 2. The van der Waals surface area contributed by atoms with Crippen molar-refractivity contribution in [3.63, 3.8) is 0 Å². The zero-order valence-electron chi connectivity index (χ0n) is 13.9. The van der Waals surface area contributed by atoms with Crippen LogP contribution in [0.5, 0.6) is 0 Å². The van der Waals surface area contributed by atoms with Gasteiger partial charge < -0.3 is 10.4 Å². The van der Waals surface area contributed by atoms with Gasteiger partial charge in [0.05, 0.1) is 15.2 Å². The highest BCUT2D eigenvalue weighted by Gasteiger charge is 2.42. The average Bonchev–Trinajstić information content (AvgIpc) is 3.05. The first-order valence-corrected chi connectivity index (χ1v) is 9.37. The lowest BCUT2D eigenvalue weighted by atomic mass is 9.86. The largest absolute Gasteiger partial charge is 0.479 e. The van der Waals surface area contributed by atoms with Gasteiger partial charge >= 0.3 is 5.97 Å². The van der Waals surface area contributed by atoms with Crippen molar-refractivity contribution < 1.29 is 14.3 Å². The number of fused-ring (bicyclic) bond motifs is 1. The standard InChI is InChI=1S/C20H14ClFN2O2S/c21-17-10-13(12-4-2-1-3-5-12)8-9-20(17,18(25)26)24-19-23-15-7-6-14(22)11-16(15)27-19/h1-11,13H,(H,23,24)(H,25,26). The summed E-state index contributed by atoms with van der Waals surface area (Å²) in [6.07, 6.45) is 5.06. The average molecular weight is 401 g/mol. The summed E-state index contributed by atoms with van der Waals surface area (Å²) < 4.78 is 14.0. The van der Waals surface area contributed by atoms with Crippen molar-refractivity contribution in [1.82, 2.24) is 4.98 Å². The Balaban J connectivity index is 1.69. The number of hydrogen-bond donors (Lipinski definition) is 2. The van der Waals surface area contributed by atoms with Gasteiger partial charge in [-0.15, -0.1) is 0 Å². The van der Waals surface area contributed by atoms with Crippen LogP contribution >= 0.6 is 22.9 Å². The van der Waals surface area contributed by atoms with Crippen LogP contribution in [0.2, 0.25) is 0 Å². The fourth-order valence-corrected chi connectivity index (χ4v) is 4.28. The maximum absolute atomic E-state index is 13.4. The van der Waals surface area contributed by atoms with E-state index in [2.05, 4.69) is 10.3 Å². The number of aromatic nitrogens is 1. The Morgan fingerprint density at radius 2 is 2.04 bits per heavy atom. The molecule has 4 nitrogen and oxygen atoms in total. The molecule has 4 rings (SSSR count). The fraction of sp³-hybridized carbons (Fsp3) is 0.100. The molecular formula is C20H14ClFN2O2S. The van der Waals surface area contributed by atoms with E-state index in [4.69, 9.17) is 11.6 Å². The fourth-order valence-electron chi connectivity index (χ4n) is 3.00. The molecule has 1 aliphatic rings. The van der Waals surface area contributed by atoms with E-state index in [-0.39, 0.29) is 16.8 Å². The van der Waals surface area contributed by atoms with Gasteiger partial charge in [-0.05, 0) is 29.8 Å². The first kappa shape index (κ1) is 17.7. The highest BCUT2D eigenvalue weighted by Crippen LogP contribution is 2.38. The van der Waals surface area contributed by atoms with Crippen LogP contribution < -0.4 is 5.32 Å². The molecule has 1 heterocycles. The third-order valence-electron chi connectivity index (χ3n) is 4.43. The van der Waals surface area contributed by atoms with Crippen LogP contribution in [0.25, 0.3) is 10.2 Å². The van der Waals surface area contributed by atoms with Crippen LogP contribution in [0.3, 0.4) is 0 Å². The maximum Gasteiger partial charge on any atom is 0.339 e. The molecule has 3 aromatic rings. The van der Waals surface area contributed by atoms with E-state index in [1.165, 1.54) is 23.5 Å². The molecule has 136 valence electrons. The zero-order chi connectivity index (χ0) is 19.0. The number of carbonyl (C=O) groups is 1. The normalized spacial score (nSPS) is 21.9. The minimum absolute atomic E-state index is 0.113. The molecule has 27 heavy (non-hydrogen) atoms. The number of nitrogens with one attached hydrogen (secondary N) is 1. The smallest absolute Gasteiger partial charge is 0.339 e. The minimum atomic E-state index is -1.61. The molecule has 0 radical (unpaired) electrons. The number of allylic oxidation sites excluding steroid dienone is 2. The third-order valence-corrected chi connectivity index (χ3v) is 5.79. The van der Waals surface area contributed by atoms with Crippen molar-refractivity contribution in [1.29, 1.82) is 0 Å². The SMILES string of the molecule is O=C(O)C1(Nc2nc3ccc(F)cc3s2)C=CC(c2ccccc2)C=C1Cl. The summed E-state index contributed by atoms with van der Waals surface area (Å²) in [5.41, 5.74) is -0.00736. The Morgan fingerprint density at radius 3 is 2.74 bits per heavy atom. The molecule has 0 aliphatic heterocycles. The second-order valence-electron chi connectivity index (χ2n) is 6.18. The van der Waals surface area contributed by atoms with Gasteiger partial charge in [0, 0.05) is 5.92 Å². The van der Waals surface area contributed by atoms with Crippen LogP contribution in [0.1, 0.15) is 11.5 Å². The van der Waals surface area contributed by atoms with Crippen LogP contribution in [-0.4, -0.2) is 21.6 Å². The lowest BCUT2D eigenvalue weighted by Crippen LogP contribution is -2.46. The number of aliphatic carboxylic acids is 1. The number of benzene rings is 2. The number of carboxylic acids is 1. The quantitative estimate of drug-likeness (QED) is 0.595. The maximum atomic E-state index is 13.4. The van der Waals surface area contributed by atoms with Crippen LogP contribution in [0.4, 0.5) is 9.52 Å². The monoisotopic (exact) mass is 400 g/mol. The summed E-state index contributed by atoms with van der Waals surface area (Å²) in [4.78, 5) is 16.4. The molecule has 0 saturated carbocycles. The van der Waals surface area contributed by atoms with E-state index in [9.17, 15) is 14.3 Å². The Morgan fingerprint density at radius 1 is 1.26 bits per heavy atom. The van der Waals surface area contributed by atoms with E-state index in [1.807, 2.05) is 30.3 Å². The lowest BCUT2D eigenvalue weighted by Gasteiger charge is -2.31. The van der Waals surface area contributed by atoms with Crippen molar-refractivity contribution in [2.24, 2.45) is 0 Å². The van der Waals surface area contributed by atoms with E-state index in [1.54, 1.807) is 24.3 Å². The summed E-state index contributed by atoms with van der Waals surface area (Å²) in [7, 11) is 0. The third kappa shape index (κ3) is 3.22. The van der Waals surface area contributed by atoms with E-state index in [0.29, 0.717) is 15.3 Å². The van der Waals surface area contributed by atoms with Crippen molar-refractivity contribution in [3.05, 3.63) is 83.2 Å². The van der Waals surface area contributed by atoms with Crippen molar-refractivity contribution in [2.75, 3.05) is 5.32 Å². The molecule has 2 aromatic carbocycles. The molecule has 0 saturated heterocycles. The number of hydrogen-bond acceptors (Lipinski definition) is 4. The number of nitrogens with zero attached hydrogens (tertiary/aromatic N) is 1. The van der Waals surface area contributed by atoms with Gasteiger partial charge in [-0.25, -0.2) is 14.2 Å². The van der Waals surface area contributed by atoms with Gasteiger partial charge in [0.1, 0.15) is 5.82 Å². The van der Waals surface area contributed by atoms with Crippen LogP contribution in [-0.2, 0) is 4.79 Å². The Bertz CT molecular complexity index is 1080. The summed E-state index contributed by atoms with van der Waals surface area (Å²) >= 11 is 7.61. The lowest BCUT2D eigenvalue weighted by molar-refractivity contribution is -0.139. The number of anilines is 1. The van der Waals surface area contributed by atoms with Gasteiger partial charge in [0.15, 0.2) is 10.7 Å². The molecule has 0 spiro atoms. The molecule has 1 aromatic heterocycles. The summed E-state index contributed by atoms with van der Waals surface area (Å²) in [5.74, 6) is -1.62. The topological polar surface area (TPSA) is 62.2 Å². The van der Waals surface area contributed by atoms with Crippen LogP contribution in [0, 0.1) is 5.82 Å². The highest BCUT2D eigenvalue weighted by atomic mass is 35.5. The first-order valence-electron chi connectivity index (χ1n) is 8.18. The molecule has 1 aliphatic carbocycles. The highest BCUT2D eigenvalue weighted by molar-refractivity contribution is 7.22. The summed E-state index contributed by atoms with van der Waals surface area (Å²) in [6.45, 7) is 0. The Labute approximate surface area is 163 Å². The van der Waals surface area contributed by atoms with Crippen molar-refractivity contribution >= 4 is 44.3 Å². The van der Waals surface area contributed by atoms with Gasteiger partial charge in [0.2, 0.25) is 0 Å². The molecule has 2 atom stereocenters. The number of thiazole rings is 1. The molecule has 2 unspecified atom stereocenters. The van der Waals surface area contributed by atoms with Gasteiger partial charge in [-0.3, -0.25) is 0 Å². The number of rotatable bonds is 4. The minimum Gasteiger partial charge on any atom is -0.479 e. The molecule has 7 heteroatoms. The second kappa shape index (κ2) is 6.79. The molecule has 2 N–H and O–H groups in total. The summed E-state index contributed by atoms with van der Waals surface area (Å²) in [6, 6.07) is 13.9. The van der Waals surface area contributed by atoms with Gasteiger partial charge in [-0.1, -0.05) is 65.4 Å². The van der Waals surface area contributed by atoms with E-state index >= 15 is 0 Å². The second-order valence-corrected chi connectivity index (χ2v) is 7.62. The predicted molar refractivity (Wildman–Crippen MR) is 106 cm³/mol. The molecule has 0 amide bonds. The number of carboxylic acid groups (broad SMARTS) is 1. The Hall–Kier alpha value is -2.70. The molecular weight excluding hydrogens is 387 g/mol. The van der Waals surface area contributed by atoms with Gasteiger partial charge in [-0.2, -0.15) is 0 Å². The molecule has 0 bridgehead atoms. The van der Waals surface area contributed by atoms with Crippen molar-refractivity contribution in [2.45, 2.75) is 11.5 Å². The predicted octanol–water partition coefficient (Wildman–Crippen LogP) is 5.15. The van der Waals surface area contributed by atoms with E-state index < -0.39 is 11.5 Å². The summed E-state index contributed by atoms with van der Waals surface area (Å²) in [5, 5.41) is 13.3. The van der Waals surface area contributed by atoms with Crippen LogP contribution in [0.15, 0.2) is 71.8 Å².